The van der Waals surface area contributed by atoms with Gasteiger partial charge in [0.05, 0.1) is 12.2 Å². The van der Waals surface area contributed by atoms with Crippen LogP contribution in [0.25, 0.3) is 0 Å². The Hall–Kier alpha value is -2.11. The summed E-state index contributed by atoms with van der Waals surface area (Å²) >= 11 is 0. The number of nitrogen functional groups attached to an aromatic ring is 1. The third-order valence-electron chi connectivity index (χ3n) is 2.62. The predicted molar refractivity (Wildman–Crippen MR) is 71.1 cm³/mol. The van der Waals surface area contributed by atoms with Crippen molar-refractivity contribution in [2.45, 2.75) is 13.8 Å². The Morgan fingerprint density at radius 2 is 2.05 bits per heavy atom. The Morgan fingerprint density at radius 3 is 2.58 bits per heavy atom. The van der Waals surface area contributed by atoms with Crippen LogP contribution in [-0.2, 0) is 4.79 Å². The van der Waals surface area contributed by atoms with Gasteiger partial charge in [0.1, 0.15) is 5.82 Å². The van der Waals surface area contributed by atoms with Gasteiger partial charge in [-0.15, -0.1) is 0 Å². The molecule has 104 valence electrons. The van der Waals surface area contributed by atoms with Gasteiger partial charge in [0.25, 0.3) is 5.91 Å². The quantitative estimate of drug-likeness (QED) is 0.782. The highest BCUT2D eigenvalue weighted by molar-refractivity contribution is 5.97. The number of benzene rings is 1. The molecule has 1 aromatic rings. The molecular weight excluding hydrogens is 249 g/mol. The maximum atomic E-state index is 13.0. The van der Waals surface area contributed by atoms with E-state index >= 15 is 0 Å². The number of amides is 2. The summed E-state index contributed by atoms with van der Waals surface area (Å²) in [5.74, 6) is -1.14. The largest absolute Gasteiger partial charge is 0.396 e. The number of rotatable bonds is 5. The Bertz CT molecular complexity index is 477. The average molecular weight is 267 g/mol. The molecule has 0 aromatic heterocycles. The Labute approximate surface area is 111 Å². The van der Waals surface area contributed by atoms with Gasteiger partial charge in [-0.25, -0.2) is 4.39 Å². The van der Waals surface area contributed by atoms with Gasteiger partial charge in [0.2, 0.25) is 5.91 Å². The number of hydrogen-bond acceptors (Lipinski definition) is 3. The van der Waals surface area contributed by atoms with Crippen molar-refractivity contribution in [3.63, 3.8) is 0 Å². The molecule has 0 fully saturated rings. The lowest BCUT2D eigenvalue weighted by Crippen LogP contribution is -2.40. The Kier molecular flexibility index (Phi) is 5.29. The van der Waals surface area contributed by atoms with E-state index in [1.807, 2.05) is 0 Å². The summed E-state index contributed by atoms with van der Waals surface area (Å²) in [4.78, 5) is 25.0. The Balaban J connectivity index is 2.83. The number of nitrogens with two attached hydrogens (primary N) is 1. The van der Waals surface area contributed by atoms with Crippen LogP contribution in [0.1, 0.15) is 24.2 Å². The van der Waals surface area contributed by atoms with Crippen LogP contribution in [0.4, 0.5) is 10.1 Å². The number of carbonyl (C=O) groups excluding carboxylic acids is 2. The predicted octanol–water partition coefficient (Wildman–Crippen LogP) is 1.01. The maximum Gasteiger partial charge on any atom is 0.254 e. The molecule has 3 N–H and O–H groups in total. The van der Waals surface area contributed by atoms with Gasteiger partial charge in [-0.05, 0) is 32.0 Å². The molecule has 1 aromatic carbocycles. The number of anilines is 1. The molecule has 0 aliphatic rings. The first-order chi connectivity index (χ1) is 8.99. The highest BCUT2D eigenvalue weighted by atomic mass is 19.1. The van der Waals surface area contributed by atoms with Gasteiger partial charge in [-0.1, -0.05) is 0 Å². The van der Waals surface area contributed by atoms with Crippen LogP contribution in [0.5, 0.6) is 0 Å². The van der Waals surface area contributed by atoms with Crippen LogP contribution in [0.2, 0.25) is 0 Å². The van der Waals surface area contributed by atoms with Crippen molar-refractivity contribution in [1.29, 1.82) is 0 Å². The van der Waals surface area contributed by atoms with Crippen LogP contribution >= 0.6 is 0 Å². The molecule has 0 bridgehead atoms. The van der Waals surface area contributed by atoms with E-state index in [1.54, 1.807) is 13.8 Å². The van der Waals surface area contributed by atoms with Crippen molar-refractivity contribution < 1.29 is 14.0 Å². The van der Waals surface area contributed by atoms with Crippen molar-refractivity contribution in [1.82, 2.24) is 10.2 Å². The zero-order valence-corrected chi connectivity index (χ0v) is 11.1. The summed E-state index contributed by atoms with van der Waals surface area (Å²) in [6.45, 7) is 4.43. The van der Waals surface area contributed by atoms with Crippen molar-refractivity contribution >= 4 is 17.5 Å². The number of nitrogens with one attached hydrogen (secondary N) is 1. The summed E-state index contributed by atoms with van der Waals surface area (Å²) in [6, 6.07) is 3.77. The summed E-state index contributed by atoms with van der Waals surface area (Å²) in [5.41, 5.74) is 5.61. The number of halogens is 1. The molecule has 0 aliphatic carbocycles. The zero-order valence-electron chi connectivity index (χ0n) is 11.1. The zero-order chi connectivity index (χ0) is 14.4. The van der Waals surface area contributed by atoms with Crippen LogP contribution in [0, 0.1) is 5.82 Å². The number of nitrogens with zero attached hydrogens (tertiary/aromatic N) is 1. The fraction of sp³-hybridized carbons (Fsp3) is 0.385. The molecule has 2 amide bonds. The minimum absolute atomic E-state index is 0.0273. The molecule has 0 heterocycles. The van der Waals surface area contributed by atoms with Crippen LogP contribution in [-0.4, -0.2) is 36.3 Å². The normalized spacial score (nSPS) is 10.1. The van der Waals surface area contributed by atoms with Crippen LogP contribution in [0.3, 0.4) is 0 Å². The van der Waals surface area contributed by atoms with E-state index in [-0.39, 0.29) is 29.6 Å². The monoisotopic (exact) mass is 267 g/mol. The van der Waals surface area contributed by atoms with Gasteiger partial charge >= 0.3 is 0 Å². The smallest absolute Gasteiger partial charge is 0.254 e. The number of hydrogen-bond donors (Lipinski definition) is 2. The summed E-state index contributed by atoms with van der Waals surface area (Å²) in [5, 5.41) is 2.62. The molecule has 0 aliphatic heterocycles. The second-order valence-corrected chi connectivity index (χ2v) is 4.01. The minimum Gasteiger partial charge on any atom is -0.396 e. The second-order valence-electron chi connectivity index (χ2n) is 4.01. The molecule has 5 nitrogen and oxygen atoms in total. The molecule has 0 spiro atoms. The van der Waals surface area contributed by atoms with E-state index in [4.69, 9.17) is 5.73 Å². The standard InChI is InChI=1S/C13H18FN3O2/c1-3-16-12(18)8-17(4-2)13(19)9-5-6-10(14)11(15)7-9/h5-7H,3-4,8,15H2,1-2H3,(H,16,18). The molecule has 19 heavy (non-hydrogen) atoms. The van der Waals surface area contributed by atoms with Gasteiger partial charge in [-0.3, -0.25) is 9.59 Å². The first-order valence-electron chi connectivity index (χ1n) is 6.10. The highest BCUT2D eigenvalue weighted by Gasteiger charge is 2.17. The van der Waals surface area contributed by atoms with Crippen molar-refractivity contribution in [3.8, 4) is 0 Å². The van der Waals surface area contributed by atoms with E-state index in [9.17, 15) is 14.0 Å². The number of carbonyl (C=O) groups is 2. The van der Waals surface area contributed by atoms with Crippen molar-refractivity contribution in [2.24, 2.45) is 0 Å². The van der Waals surface area contributed by atoms with E-state index in [1.165, 1.54) is 17.0 Å². The highest BCUT2D eigenvalue weighted by Crippen LogP contribution is 2.14. The molecule has 1 rings (SSSR count). The van der Waals surface area contributed by atoms with Gasteiger partial charge < -0.3 is 16.0 Å². The first kappa shape index (κ1) is 14.9. The average Bonchev–Trinajstić information content (AvgIpc) is 2.38. The summed E-state index contributed by atoms with van der Waals surface area (Å²) < 4.78 is 13.0. The third kappa shape index (κ3) is 3.94. The third-order valence-corrected chi connectivity index (χ3v) is 2.62. The van der Waals surface area contributed by atoms with E-state index in [0.29, 0.717) is 13.1 Å². The maximum absolute atomic E-state index is 13.0. The van der Waals surface area contributed by atoms with E-state index in [2.05, 4.69) is 5.32 Å². The van der Waals surface area contributed by atoms with Gasteiger partial charge in [0, 0.05) is 18.7 Å². The molecule has 0 saturated heterocycles. The summed E-state index contributed by atoms with van der Waals surface area (Å²) in [7, 11) is 0. The fourth-order valence-electron chi connectivity index (χ4n) is 1.61. The summed E-state index contributed by atoms with van der Waals surface area (Å²) in [6.07, 6.45) is 0. The second kappa shape index (κ2) is 6.72. The van der Waals surface area contributed by atoms with Crippen molar-refractivity contribution in [3.05, 3.63) is 29.6 Å². The lowest BCUT2D eigenvalue weighted by Gasteiger charge is -2.20. The topological polar surface area (TPSA) is 75.4 Å². The number of likely N-dealkylation sites (N-methyl/N-ethyl adjacent to an activating group) is 2. The fourth-order valence-corrected chi connectivity index (χ4v) is 1.61. The lowest BCUT2D eigenvalue weighted by molar-refractivity contribution is -0.121. The molecule has 0 saturated carbocycles. The van der Waals surface area contributed by atoms with E-state index in [0.717, 1.165) is 6.07 Å². The molecule has 0 atom stereocenters. The van der Waals surface area contributed by atoms with Gasteiger partial charge in [0.15, 0.2) is 0 Å². The molecule has 0 unspecified atom stereocenters. The SMILES string of the molecule is CCNC(=O)CN(CC)C(=O)c1ccc(F)c(N)c1. The van der Waals surface area contributed by atoms with Crippen LogP contribution in [0.15, 0.2) is 18.2 Å². The molecular formula is C13H18FN3O2. The van der Waals surface area contributed by atoms with Crippen molar-refractivity contribution in [2.75, 3.05) is 25.4 Å². The molecule has 6 heteroatoms. The minimum atomic E-state index is -0.566. The van der Waals surface area contributed by atoms with E-state index < -0.39 is 5.82 Å². The first-order valence-corrected chi connectivity index (χ1v) is 6.10. The van der Waals surface area contributed by atoms with Gasteiger partial charge in [-0.2, -0.15) is 0 Å². The van der Waals surface area contributed by atoms with Crippen LogP contribution < -0.4 is 11.1 Å². The molecule has 0 radical (unpaired) electrons. The Morgan fingerprint density at radius 1 is 1.37 bits per heavy atom. The lowest BCUT2D eigenvalue weighted by atomic mass is 10.1.